The second kappa shape index (κ2) is 5.21. The van der Waals surface area contributed by atoms with E-state index in [0.29, 0.717) is 24.7 Å². The lowest BCUT2D eigenvalue weighted by Crippen LogP contribution is -2.46. The number of nitrogens with one attached hydrogen (secondary N) is 1. The van der Waals surface area contributed by atoms with Crippen LogP contribution in [0.3, 0.4) is 0 Å². The molecule has 3 nitrogen and oxygen atoms in total. The van der Waals surface area contributed by atoms with Gasteiger partial charge >= 0.3 is 0 Å². The van der Waals surface area contributed by atoms with E-state index in [1.165, 1.54) is 18.6 Å². The number of rotatable bonds is 3. The highest BCUT2D eigenvalue weighted by Crippen LogP contribution is 2.25. The first kappa shape index (κ1) is 11.3. The fraction of sp³-hybridized carbons (Fsp3) is 0.909. The fourth-order valence-corrected chi connectivity index (χ4v) is 3.62. The largest absolute Gasteiger partial charge is 0.322 e. The predicted octanol–water partition coefficient (Wildman–Crippen LogP) is 1.44. The Bertz CT molecular complexity index is 229. The standard InChI is InChI=1S/C11H20N2OS/c1-2-4-10-12-7-11(14)13(10)9-5-3-6-15-8-9/h9-10,12H,2-8H2,1H3. The molecule has 2 aliphatic rings. The van der Waals surface area contributed by atoms with Crippen LogP contribution in [-0.2, 0) is 4.79 Å². The van der Waals surface area contributed by atoms with Gasteiger partial charge in [0.05, 0.1) is 12.7 Å². The highest BCUT2D eigenvalue weighted by Gasteiger charge is 2.35. The lowest BCUT2D eigenvalue weighted by atomic mass is 10.1. The highest BCUT2D eigenvalue weighted by molar-refractivity contribution is 7.99. The number of hydrogen-bond donors (Lipinski definition) is 1. The summed E-state index contributed by atoms with van der Waals surface area (Å²) in [6.45, 7) is 2.73. The van der Waals surface area contributed by atoms with Gasteiger partial charge in [-0.1, -0.05) is 13.3 Å². The molecule has 0 saturated carbocycles. The van der Waals surface area contributed by atoms with Gasteiger partial charge in [0.1, 0.15) is 0 Å². The molecular formula is C11H20N2OS. The third kappa shape index (κ3) is 2.48. The lowest BCUT2D eigenvalue weighted by Gasteiger charge is -2.34. The van der Waals surface area contributed by atoms with Gasteiger partial charge in [0, 0.05) is 11.8 Å². The van der Waals surface area contributed by atoms with Crippen LogP contribution in [0.25, 0.3) is 0 Å². The van der Waals surface area contributed by atoms with Crippen LogP contribution < -0.4 is 5.32 Å². The molecule has 0 bridgehead atoms. The average Bonchev–Trinajstić information content (AvgIpc) is 2.62. The van der Waals surface area contributed by atoms with Gasteiger partial charge in [-0.3, -0.25) is 10.1 Å². The Morgan fingerprint density at radius 2 is 2.47 bits per heavy atom. The number of carbonyl (C=O) groups excluding carboxylic acids is 1. The molecule has 2 aliphatic heterocycles. The summed E-state index contributed by atoms with van der Waals surface area (Å²) in [6.07, 6.45) is 5.00. The van der Waals surface area contributed by atoms with Crippen LogP contribution in [0.2, 0.25) is 0 Å². The van der Waals surface area contributed by atoms with E-state index in [9.17, 15) is 4.79 Å². The molecule has 0 aromatic carbocycles. The van der Waals surface area contributed by atoms with Gasteiger partial charge in [0.15, 0.2) is 0 Å². The average molecular weight is 228 g/mol. The zero-order valence-electron chi connectivity index (χ0n) is 9.37. The first-order valence-corrected chi connectivity index (χ1v) is 7.10. The molecule has 0 aliphatic carbocycles. The van der Waals surface area contributed by atoms with Crippen LogP contribution in [0.4, 0.5) is 0 Å². The van der Waals surface area contributed by atoms with Crippen LogP contribution >= 0.6 is 11.8 Å². The van der Waals surface area contributed by atoms with Gasteiger partial charge in [-0.2, -0.15) is 11.8 Å². The quantitative estimate of drug-likeness (QED) is 0.793. The summed E-state index contributed by atoms with van der Waals surface area (Å²) in [5.41, 5.74) is 0. The first-order valence-electron chi connectivity index (χ1n) is 5.95. The SMILES string of the molecule is CCCC1NCC(=O)N1C1CCCSC1. The summed E-state index contributed by atoms with van der Waals surface area (Å²) >= 11 is 1.99. The van der Waals surface area contributed by atoms with Crippen molar-refractivity contribution >= 4 is 17.7 Å². The molecule has 4 heteroatoms. The highest BCUT2D eigenvalue weighted by atomic mass is 32.2. The smallest absolute Gasteiger partial charge is 0.238 e. The number of amides is 1. The number of carbonyl (C=O) groups is 1. The van der Waals surface area contributed by atoms with E-state index in [-0.39, 0.29) is 0 Å². The van der Waals surface area contributed by atoms with Crippen molar-refractivity contribution in [2.24, 2.45) is 0 Å². The van der Waals surface area contributed by atoms with Crippen LogP contribution in [0, 0.1) is 0 Å². The van der Waals surface area contributed by atoms with E-state index in [1.54, 1.807) is 0 Å². The summed E-state index contributed by atoms with van der Waals surface area (Å²) in [5.74, 6) is 2.71. The summed E-state index contributed by atoms with van der Waals surface area (Å²) < 4.78 is 0. The van der Waals surface area contributed by atoms with Crippen molar-refractivity contribution in [1.29, 1.82) is 0 Å². The Balaban J connectivity index is 1.99. The van der Waals surface area contributed by atoms with E-state index in [1.807, 2.05) is 11.8 Å². The molecule has 2 fully saturated rings. The molecule has 0 aromatic heterocycles. The first-order chi connectivity index (χ1) is 7.33. The minimum atomic E-state index is 0.306. The van der Waals surface area contributed by atoms with Crippen LogP contribution in [-0.4, -0.2) is 41.1 Å². The molecule has 2 heterocycles. The third-order valence-electron chi connectivity index (χ3n) is 3.20. The minimum absolute atomic E-state index is 0.306. The maximum Gasteiger partial charge on any atom is 0.238 e. The molecular weight excluding hydrogens is 208 g/mol. The second-order valence-electron chi connectivity index (χ2n) is 4.36. The second-order valence-corrected chi connectivity index (χ2v) is 5.51. The number of thioether (sulfide) groups is 1. The van der Waals surface area contributed by atoms with Crippen molar-refractivity contribution < 1.29 is 4.79 Å². The van der Waals surface area contributed by atoms with E-state index >= 15 is 0 Å². The molecule has 0 spiro atoms. The summed E-state index contributed by atoms with van der Waals surface area (Å²) in [5, 5.41) is 3.32. The van der Waals surface area contributed by atoms with Crippen LogP contribution in [0.1, 0.15) is 32.6 Å². The molecule has 2 saturated heterocycles. The fourth-order valence-electron chi connectivity index (χ4n) is 2.48. The predicted molar refractivity (Wildman–Crippen MR) is 63.9 cm³/mol. The maximum atomic E-state index is 11.8. The number of nitrogens with zero attached hydrogens (tertiary/aromatic N) is 1. The molecule has 0 radical (unpaired) electrons. The van der Waals surface area contributed by atoms with Crippen molar-refractivity contribution in [1.82, 2.24) is 10.2 Å². The summed E-state index contributed by atoms with van der Waals surface area (Å²) in [6, 6.07) is 0.489. The van der Waals surface area contributed by atoms with Crippen molar-refractivity contribution in [2.75, 3.05) is 18.1 Å². The molecule has 2 unspecified atom stereocenters. The van der Waals surface area contributed by atoms with E-state index in [2.05, 4.69) is 17.1 Å². The van der Waals surface area contributed by atoms with Gasteiger partial charge in [-0.15, -0.1) is 0 Å². The molecule has 2 rings (SSSR count). The van der Waals surface area contributed by atoms with Crippen molar-refractivity contribution in [3.8, 4) is 0 Å². The normalized spacial score (nSPS) is 32.3. The molecule has 1 N–H and O–H groups in total. The van der Waals surface area contributed by atoms with Gasteiger partial charge in [0.25, 0.3) is 0 Å². The topological polar surface area (TPSA) is 32.3 Å². The minimum Gasteiger partial charge on any atom is -0.322 e. The Labute approximate surface area is 96.0 Å². The third-order valence-corrected chi connectivity index (χ3v) is 4.40. The van der Waals surface area contributed by atoms with E-state index in [0.717, 1.165) is 18.6 Å². The molecule has 15 heavy (non-hydrogen) atoms. The Morgan fingerprint density at radius 1 is 1.60 bits per heavy atom. The van der Waals surface area contributed by atoms with Crippen LogP contribution in [0.5, 0.6) is 0 Å². The lowest BCUT2D eigenvalue weighted by molar-refractivity contribution is -0.130. The molecule has 0 aromatic rings. The Kier molecular flexibility index (Phi) is 3.92. The van der Waals surface area contributed by atoms with Crippen molar-refractivity contribution in [2.45, 2.75) is 44.8 Å². The van der Waals surface area contributed by atoms with Gasteiger partial charge in [-0.25, -0.2) is 0 Å². The van der Waals surface area contributed by atoms with Gasteiger partial charge < -0.3 is 4.90 Å². The van der Waals surface area contributed by atoms with Crippen molar-refractivity contribution in [3.05, 3.63) is 0 Å². The molecule has 86 valence electrons. The van der Waals surface area contributed by atoms with Gasteiger partial charge in [-0.05, 0) is 25.0 Å². The maximum absolute atomic E-state index is 11.8. The monoisotopic (exact) mass is 228 g/mol. The Morgan fingerprint density at radius 3 is 3.13 bits per heavy atom. The zero-order chi connectivity index (χ0) is 10.7. The summed E-state index contributed by atoms with van der Waals surface area (Å²) in [7, 11) is 0. The Hall–Kier alpha value is -0.220. The molecule has 1 amide bonds. The number of hydrogen-bond acceptors (Lipinski definition) is 3. The van der Waals surface area contributed by atoms with Crippen LogP contribution in [0.15, 0.2) is 0 Å². The van der Waals surface area contributed by atoms with Crippen molar-refractivity contribution in [3.63, 3.8) is 0 Å². The summed E-state index contributed by atoms with van der Waals surface area (Å²) in [4.78, 5) is 13.9. The van der Waals surface area contributed by atoms with E-state index < -0.39 is 0 Å². The van der Waals surface area contributed by atoms with Gasteiger partial charge in [0.2, 0.25) is 5.91 Å². The van der Waals surface area contributed by atoms with E-state index in [4.69, 9.17) is 0 Å². The molecule has 2 atom stereocenters. The zero-order valence-corrected chi connectivity index (χ0v) is 10.2.